The average Bonchev–Trinajstić information content (AvgIpc) is 2.15. The molecule has 4 N–H and O–H groups in total. The number of benzene rings is 1. The summed E-state index contributed by atoms with van der Waals surface area (Å²) >= 11 is 0. The Morgan fingerprint density at radius 2 is 1.93 bits per heavy atom. The van der Waals surface area contributed by atoms with Crippen molar-refractivity contribution in [3.8, 4) is 0 Å². The standard InChI is InChI=1S/C8H13N3O2S/c1-11(6-9)7-4-2-3-5-8(7)14(10,12)13/h2-5H,6,9H2,1H3,(H2,10,12,13). The van der Waals surface area contributed by atoms with Crippen molar-refractivity contribution in [3.63, 3.8) is 0 Å². The molecule has 0 aromatic heterocycles. The van der Waals surface area contributed by atoms with Gasteiger partial charge in [0.05, 0.1) is 12.4 Å². The predicted molar refractivity (Wildman–Crippen MR) is 55.3 cm³/mol. The molecule has 0 aliphatic carbocycles. The second-order valence-electron chi connectivity index (χ2n) is 2.89. The maximum Gasteiger partial charge on any atom is 0.240 e. The predicted octanol–water partition coefficient (Wildman–Crippen LogP) is -0.314. The summed E-state index contributed by atoms with van der Waals surface area (Å²) in [6.07, 6.45) is 0. The summed E-state index contributed by atoms with van der Waals surface area (Å²) in [6.45, 7) is 0.229. The van der Waals surface area contributed by atoms with Crippen LogP contribution in [0.3, 0.4) is 0 Å². The minimum Gasteiger partial charge on any atom is -0.361 e. The van der Waals surface area contributed by atoms with E-state index in [0.29, 0.717) is 5.69 Å². The molecule has 78 valence electrons. The lowest BCUT2D eigenvalue weighted by Crippen LogP contribution is -2.27. The summed E-state index contributed by atoms with van der Waals surface area (Å²) in [6, 6.07) is 6.47. The smallest absolute Gasteiger partial charge is 0.240 e. The highest BCUT2D eigenvalue weighted by Gasteiger charge is 2.14. The number of para-hydroxylation sites is 1. The molecule has 0 unspecified atom stereocenters. The molecule has 0 radical (unpaired) electrons. The number of primary sulfonamides is 1. The van der Waals surface area contributed by atoms with Gasteiger partial charge in [0.15, 0.2) is 0 Å². The quantitative estimate of drug-likeness (QED) is 0.677. The number of anilines is 1. The first kappa shape index (κ1) is 11.0. The van der Waals surface area contributed by atoms with Gasteiger partial charge in [-0.05, 0) is 12.1 Å². The Balaban J connectivity index is 3.30. The van der Waals surface area contributed by atoms with Crippen molar-refractivity contribution in [2.45, 2.75) is 4.90 Å². The topological polar surface area (TPSA) is 89.4 Å². The third-order valence-corrected chi connectivity index (χ3v) is 2.82. The molecule has 1 aromatic rings. The molecule has 0 aliphatic rings. The van der Waals surface area contributed by atoms with E-state index in [0.717, 1.165) is 0 Å². The van der Waals surface area contributed by atoms with E-state index in [2.05, 4.69) is 0 Å². The van der Waals surface area contributed by atoms with Crippen molar-refractivity contribution in [2.75, 3.05) is 18.6 Å². The third kappa shape index (κ3) is 2.22. The largest absolute Gasteiger partial charge is 0.361 e. The van der Waals surface area contributed by atoms with E-state index in [-0.39, 0.29) is 11.6 Å². The zero-order valence-electron chi connectivity index (χ0n) is 7.84. The SMILES string of the molecule is CN(CN)c1ccccc1S(N)(=O)=O. The average molecular weight is 215 g/mol. The minimum atomic E-state index is -3.69. The summed E-state index contributed by atoms with van der Waals surface area (Å²) in [7, 11) is -1.99. The molecule has 1 aromatic carbocycles. The number of hydrogen-bond donors (Lipinski definition) is 2. The van der Waals surface area contributed by atoms with Gasteiger partial charge in [0, 0.05) is 7.05 Å². The lowest BCUT2D eigenvalue weighted by molar-refractivity contribution is 0.597. The molecule has 0 amide bonds. The molecule has 6 heteroatoms. The van der Waals surface area contributed by atoms with Gasteiger partial charge in [-0.2, -0.15) is 0 Å². The van der Waals surface area contributed by atoms with E-state index in [9.17, 15) is 8.42 Å². The fraction of sp³-hybridized carbons (Fsp3) is 0.250. The summed E-state index contributed by atoms with van der Waals surface area (Å²) in [5.74, 6) is 0. The Morgan fingerprint density at radius 1 is 1.36 bits per heavy atom. The molecular weight excluding hydrogens is 202 g/mol. The molecule has 14 heavy (non-hydrogen) atoms. The monoisotopic (exact) mass is 215 g/mol. The van der Waals surface area contributed by atoms with E-state index in [1.807, 2.05) is 0 Å². The van der Waals surface area contributed by atoms with E-state index >= 15 is 0 Å². The van der Waals surface area contributed by atoms with Gasteiger partial charge < -0.3 is 10.6 Å². The molecule has 1 rings (SSSR count). The summed E-state index contributed by atoms with van der Waals surface area (Å²) in [5, 5.41) is 5.05. The van der Waals surface area contributed by atoms with Crippen LogP contribution in [0, 0.1) is 0 Å². The maximum absolute atomic E-state index is 11.2. The van der Waals surface area contributed by atoms with Crippen molar-refractivity contribution in [2.24, 2.45) is 10.9 Å². The molecule has 0 saturated carbocycles. The Bertz CT molecular complexity index is 416. The number of sulfonamides is 1. The van der Waals surface area contributed by atoms with Crippen LogP contribution in [-0.4, -0.2) is 22.1 Å². The number of nitrogens with zero attached hydrogens (tertiary/aromatic N) is 1. The van der Waals surface area contributed by atoms with Crippen LogP contribution < -0.4 is 15.8 Å². The zero-order valence-corrected chi connectivity index (χ0v) is 8.66. The molecule has 0 fully saturated rings. The summed E-state index contributed by atoms with van der Waals surface area (Å²) in [5.41, 5.74) is 5.92. The van der Waals surface area contributed by atoms with Gasteiger partial charge in [-0.25, -0.2) is 13.6 Å². The number of rotatable bonds is 3. The maximum atomic E-state index is 11.2. The van der Waals surface area contributed by atoms with Crippen LogP contribution in [0.15, 0.2) is 29.2 Å². The van der Waals surface area contributed by atoms with E-state index in [1.165, 1.54) is 6.07 Å². The first-order valence-corrected chi connectivity index (χ1v) is 5.54. The minimum absolute atomic E-state index is 0.0907. The molecular formula is C8H13N3O2S. The van der Waals surface area contributed by atoms with Crippen LogP contribution in [0.4, 0.5) is 5.69 Å². The van der Waals surface area contributed by atoms with Crippen LogP contribution in [-0.2, 0) is 10.0 Å². The Kier molecular flexibility index (Phi) is 3.10. The lowest BCUT2D eigenvalue weighted by Gasteiger charge is -2.18. The second kappa shape index (κ2) is 3.95. The van der Waals surface area contributed by atoms with E-state index < -0.39 is 10.0 Å². The Morgan fingerprint density at radius 3 is 2.43 bits per heavy atom. The molecule has 0 bridgehead atoms. The van der Waals surface area contributed by atoms with Crippen LogP contribution >= 0.6 is 0 Å². The van der Waals surface area contributed by atoms with Crippen molar-refractivity contribution in [1.29, 1.82) is 0 Å². The molecule has 5 nitrogen and oxygen atoms in total. The second-order valence-corrected chi connectivity index (χ2v) is 4.42. The number of hydrogen-bond acceptors (Lipinski definition) is 4. The van der Waals surface area contributed by atoms with Crippen molar-refractivity contribution in [3.05, 3.63) is 24.3 Å². The van der Waals surface area contributed by atoms with Crippen molar-refractivity contribution < 1.29 is 8.42 Å². The highest BCUT2D eigenvalue weighted by molar-refractivity contribution is 7.89. The number of nitrogens with two attached hydrogens (primary N) is 2. The molecule has 0 aliphatic heterocycles. The molecule has 0 atom stereocenters. The van der Waals surface area contributed by atoms with Crippen LogP contribution in [0.25, 0.3) is 0 Å². The van der Waals surface area contributed by atoms with Crippen LogP contribution in [0.2, 0.25) is 0 Å². The van der Waals surface area contributed by atoms with Gasteiger partial charge >= 0.3 is 0 Å². The van der Waals surface area contributed by atoms with Gasteiger partial charge in [0.25, 0.3) is 0 Å². The third-order valence-electron chi connectivity index (χ3n) is 1.86. The summed E-state index contributed by atoms with van der Waals surface area (Å²) < 4.78 is 22.4. The van der Waals surface area contributed by atoms with Gasteiger partial charge in [0.1, 0.15) is 4.90 Å². The van der Waals surface area contributed by atoms with Crippen LogP contribution in [0.1, 0.15) is 0 Å². The molecule has 0 saturated heterocycles. The fourth-order valence-corrected chi connectivity index (χ4v) is 1.90. The Hall–Kier alpha value is -1.11. The lowest BCUT2D eigenvalue weighted by atomic mass is 10.3. The van der Waals surface area contributed by atoms with E-state index in [4.69, 9.17) is 10.9 Å². The van der Waals surface area contributed by atoms with Crippen LogP contribution in [0.5, 0.6) is 0 Å². The highest BCUT2D eigenvalue weighted by atomic mass is 32.2. The Labute approximate surface area is 83.4 Å². The van der Waals surface area contributed by atoms with Gasteiger partial charge in [-0.15, -0.1) is 0 Å². The normalized spacial score (nSPS) is 11.4. The van der Waals surface area contributed by atoms with Crippen molar-refractivity contribution in [1.82, 2.24) is 0 Å². The molecule has 0 spiro atoms. The van der Waals surface area contributed by atoms with Gasteiger partial charge in [0.2, 0.25) is 10.0 Å². The van der Waals surface area contributed by atoms with Gasteiger partial charge in [-0.3, -0.25) is 0 Å². The zero-order chi connectivity index (χ0) is 10.8. The van der Waals surface area contributed by atoms with Gasteiger partial charge in [-0.1, -0.05) is 12.1 Å². The van der Waals surface area contributed by atoms with Crippen molar-refractivity contribution >= 4 is 15.7 Å². The first-order chi connectivity index (χ1) is 6.46. The fourth-order valence-electron chi connectivity index (χ4n) is 1.11. The first-order valence-electron chi connectivity index (χ1n) is 4.00. The molecule has 0 heterocycles. The van der Waals surface area contributed by atoms with E-state index in [1.54, 1.807) is 30.1 Å². The highest BCUT2D eigenvalue weighted by Crippen LogP contribution is 2.21. The summed E-state index contributed by atoms with van der Waals surface area (Å²) in [4.78, 5) is 1.70.